The second-order valence-corrected chi connectivity index (χ2v) is 4.84. The number of aldehydes is 1. The van der Waals surface area contributed by atoms with Gasteiger partial charge in [-0.1, -0.05) is 23.7 Å². The number of benzene rings is 1. The van der Waals surface area contributed by atoms with Crippen molar-refractivity contribution in [2.24, 2.45) is 11.5 Å². The van der Waals surface area contributed by atoms with E-state index in [0.717, 1.165) is 24.7 Å². The molecule has 0 radical (unpaired) electrons. The van der Waals surface area contributed by atoms with Crippen molar-refractivity contribution >= 4 is 17.9 Å². The summed E-state index contributed by atoms with van der Waals surface area (Å²) in [5.41, 5.74) is 11.7. The van der Waals surface area contributed by atoms with E-state index in [-0.39, 0.29) is 0 Å². The largest absolute Gasteiger partial charge is 0.330 e. The molecule has 1 rings (SSSR count). The molecule has 0 aliphatic heterocycles. The van der Waals surface area contributed by atoms with E-state index in [2.05, 4.69) is 0 Å². The summed E-state index contributed by atoms with van der Waals surface area (Å²) in [5, 5.41) is 0.686. The Morgan fingerprint density at radius 1 is 1.24 bits per heavy atom. The van der Waals surface area contributed by atoms with Gasteiger partial charge in [0, 0.05) is 5.02 Å². The van der Waals surface area contributed by atoms with Crippen LogP contribution in [0.3, 0.4) is 0 Å². The number of unbranched alkanes of at least 4 members (excludes halogenated alkanes) is 1. The zero-order valence-electron chi connectivity index (χ0n) is 9.86. The molecule has 0 spiro atoms. The summed E-state index contributed by atoms with van der Waals surface area (Å²) in [7, 11) is 0. The van der Waals surface area contributed by atoms with Gasteiger partial charge in [0.05, 0.1) is 5.54 Å². The van der Waals surface area contributed by atoms with Crippen LogP contribution in [0.1, 0.15) is 24.8 Å². The molecule has 0 aliphatic rings. The molecule has 1 atom stereocenters. The summed E-state index contributed by atoms with van der Waals surface area (Å²) < 4.78 is 0. The van der Waals surface area contributed by atoms with Gasteiger partial charge in [-0.05, 0) is 49.9 Å². The fraction of sp³-hybridized carbons (Fsp3) is 0.462. The molecule has 4 N–H and O–H groups in total. The van der Waals surface area contributed by atoms with E-state index in [1.807, 2.05) is 24.3 Å². The Hall–Kier alpha value is -0.900. The Morgan fingerprint density at radius 3 is 2.41 bits per heavy atom. The van der Waals surface area contributed by atoms with Crippen molar-refractivity contribution < 1.29 is 4.79 Å². The van der Waals surface area contributed by atoms with Crippen LogP contribution in [0.15, 0.2) is 24.3 Å². The molecule has 1 aromatic carbocycles. The lowest BCUT2D eigenvalue weighted by atomic mass is 9.88. The lowest BCUT2D eigenvalue weighted by Crippen LogP contribution is -2.43. The maximum absolute atomic E-state index is 11.1. The van der Waals surface area contributed by atoms with Crippen LogP contribution in [0.25, 0.3) is 0 Å². The Kier molecular flexibility index (Phi) is 5.62. The molecule has 0 heterocycles. The fourth-order valence-corrected chi connectivity index (χ4v) is 1.90. The summed E-state index contributed by atoms with van der Waals surface area (Å²) in [6, 6.07) is 7.41. The zero-order chi connectivity index (χ0) is 12.7. The Morgan fingerprint density at radius 2 is 1.88 bits per heavy atom. The second-order valence-electron chi connectivity index (χ2n) is 4.40. The number of carbonyl (C=O) groups excluding carboxylic acids is 1. The highest BCUT2D eigenvalue weighted by Gasteiger charge is 2.23. The highest BCUT2D eigenvalue weighted by molar-refractivity contribution is 6.30. The van der Waals surface area contributed by atoms with E-state index in [1.54, 1.807) is 0 Å². The van der Waals surface area contributed by atoms with Crippen molar-refractivity contribution in [2.75, 3.05) is 6.54 Å². The van der Waals surface area contributed by atoms with Gasteiger partial charge in [0.25, 0.3) is 0 Å². The molecule has 1 aromatic rings. The number of rotatable bonds is 7. The fourth-order valence-electron chi connectivity index (χ4n) is 1.77. The van der Waals surface area contributed by atoms with Crippen molar-refractivity contribution in [3.63, 3.8) is 0 Å². The number of hydrogen-bond donors (Lipinski definition) is 2. The van der Waals surface area contributed by atoms with Crippen molar-refractivity contribution in [3.05, 3.63) is 34.9 Å². The molecule has 0 aliphatic carbocycles. The predicted molar refractivity (Wildman–Crippen MR) is 71.0 cm³/mol. The zero-order valence-corrected chi connectivity index (χ0v) is 10.6. The van der Waals surface area contributed by atoms with E-state index in [9.17, 15) is 4.79 Å². The molecule has 0 bridgehead atoms. The molecule has 0 saturated heterocycles. The minimum absolute atomic E-state index is 0.540. The van der Waals surface area contributed by atoms with Crippen LogP contribution in [0, 0.1) is 0 Å². The lowest BCUT2D eigenvalue weighted by molar-refractivity contribution is -0.112. The number of halogens is 1. The predicted octanol–water partition coefficient (Wildman–Crippen LogP) is 1.91. The standard InChI is InChI=1S/C13H19ClN2O/c14-12-5-3-11(4-6-12)9-13(16,10-17)7-1-2-8-15/h3-6,10H,1-2,7-9,15-16H2. The normalized spacial score (nSPS) is 14.3. The summed E-state index contributed by atoms with van der Waals surface area (Å²) in [5.74, 6) is 0. The molecule has 17 heavy (non-hydrogen) atoms. The minimum atomic E-state index is -0.789. The second kappa shape index (κ2) is 6.74. The van der Waals surface area contributed by atoms with Crippen LogP contribution < -0.4 is 11.5 Å². The number of hydrogen-bond acceptors (Lipinski definition) is 3. The molecule has 0 aromatic heterocycles. The molecular weight excluding hydrogens is 236 g/mol. The molecule has 0 saturated carbocycles. The van der Waals surface area contributed by atoms with Crippen LogP contribution in [0.4, 0.5) is 0 Å². The third-order valence-electron chi connectivity index (χ3n) is 2.78. The minimum Gasteiger partial charge on any atom is -0.330 e. The van der Waals surface area contributed by atoms with Gasteiger partial charge < -0.3 is 16.3 Å². The van der Waals surface area contributed by atoms with Crippen molar-refractivity contribution in [1.29, 1.82) is 0 Å². The van der Waals surface area contributed by atoms with Gasteiger partial charge in [-0.2, -0.15) is 0 Å². The van der Waals surface area contributed by atoms with Crippen LogP contribution in [-0.2, 0) is 11.2 Å². The maximum atomic E-state index is 11.1. The monoisotopic (exact) mass is 254 g/mol. The van der Waals surface area contributed by atoms with E-state index in [1.165, 1.54) is 0 Å². The summed E-state index contributed by atoms with van der Waals surface area (Å²) in [4.78, 5) is 11.1. The summed E-state index contributed by atoms with van der Waals surface area (Å²) in [6.45, 7) is 0.635. The smallest absolute Gasteiger partial charge is 0.140 e. The number of nitrogens with two attached hydrogens (primary N) is 2. The molecular formula is C13H19ClN2O. The van der Waals surface area contributed by atoms with E-state index >= 15 is 0 Å². The third-order valence-corrected chi connectivity index (χ3v) is 3.03. The van der Waals surface area contributed by atoms with Gasteiger partial charge in [-0.3, -0.25) is 0 Å². The lowest BCUT2D eigenvalue weighted by Gasteiger charge is -2.23. The Bertz CT molecular complexity index is 353. The van der Waals surface area contributed by atoms with E-state index in [0.29, 0.717) is 24.4 Å². The van der Waals surface area contributed by atoms with Gasteiger partial charge in [0.2, 0.25) is 0 Å². The highest BCUT2D eigenvalue weighted by atomic mass is 35.5. The molecule has 3 nitrogen and oxygen atoms in total. The van der Waals surface area contributed by atoms with Crippen LogP contribution in [0.5, 0.6) is 0 Å². The van der Waals surface area contributed by atoms with Gasteiger partial charge in [-0.25, -0.2) is 0 Å². The van der Waals surface area contributed by atoms with Gasteiger partial charge in [0.1, 0.15) is 6.29 Å². The SMILES string of the molecule is NCCCCC(N)(C=O)Cc1ccc(Cl)cc1. The molecule has 4 heteroatoms. The summed E-state index contributed by atoms with van der Waals surface area (Å²) >= 11 is 5.80. The third kappa shape index (κ3) is 4.86. The Labute approximate surface area is 107 Å². The molecule has 94 valence electrons. The molecule has 0 fully saturated rings. The first-order chi connectivity index (χ1) is 8.09. The van der Waals surface area contributed by atoms with Crippen molar-refractivity contribution in [2.45, 2.75) is 31.2 Å². The van der Waals surface area contributed by atoms with Crippen molar-refractivity contribution in [3.8, 4) is 0 Å². The quantitative estimate of drug-likeness (QED) is 0.577. The molecule has 1 unspecified atom stereocenters. The highest BCUT2D eigenvalue weighted by Crippen LogP contribution is 2.17. The van der Waals surface area contributed by atoms with Crippen LogP contribution in [0.2, 0.25) is 5.02 Å². The average molecular weight is 255 g/mol. The van der Waals surface area contributed by atoms with Crippen molar-refractivity contribution in [1.82, 2.24) is 0 Å². The summed E-state index contributed by atoms with van der Waals surface area (Å²) in [6.07, 6.45) is 3.82. The first-order valence-electron chi connectivity index (χ1n) is 5.79. The maximum Gasteiger partial charge on any atom is 0.140 e. The average Bonchev–Trinajstić information content (AvgIpc) is 2.33. The topological polar surface area (TPSA) is 69.1 Å². The van der Waals surface area contributed by atoms with Gasteiger partial charge >= 0.3 is 0 Å². The first kappa shape index (κ1) is 14.2. The van der Waals surface area contributed by atoms with Crippen LogP contribution in [-0.4, -0.2) is 18.4 Å². The van der Waals surface area contributed by atoms with Gasteiger partial charge in [0.15, 0.2) is 0 Å². The first-order valence-corrected chi connectivity index (χ1v) is 6.17. The molecule has 0 amide bonds. The van der Waals surface area contributed by atoms with Crippen LogP contribution >= 0.6 is 11.6 Å². The van der Waals surface area contributed by atoms with E-state index < -0.39 is 5.54 Å². The Balaban J connectivity index is 2.61. The van der Waals surface area contributed by atoms with Gasteiger partial charge in [-0.15, -0.1) is 0 Å². The number of carbonyl (C=O) groups is 1. The van der Waals surface area contributed by atoms with E-state index in [4.69, 9.17) is 23.1 Å².